The van der Waals surface area contributed by atoms with Gasteiger partial charge in [-0.05, 0) is 38.8 Å². The average molecular weight is 214 g/mol. The van der Waals surface area contributed by atoms with E-state index in [1.165, 1.54) is 38.6 Å². The average Bonchev–Trinajstić information content (AvgIpc) is 2.55. The SMILES string of the molecule is CC.CCCNC1(CC)CCCCNC1. The normalized spacial score (nSPS) is 26.4. The van der Waals surface area contributed by atoms with Crippen molar-refractivity contribution in [2.45, 2.75) is 65.3 Å². The van der Waals surface area contributed by atoms with Crippen molar-refractivity contribution in [3.05, 3.63) is 0 Å². The van der Waals surface area contributed by atoms with E-state index in [1.54, 1.807) is 0 Å². The van der Waals surface area contributed by atoms with Gasteiger partial charge in [-0.2, -0.15) is 0 Å². The number of nitrogens with one attached hydrogen (secondary N) is 2. The van der Waals surface area contributed by atoms with Gasteiger partial charge in [-0.15, -0.1) is 0 Å². The molecule has 2 N–H and O–H groups in total. The molecule has 0 bridgehead atoms. The van der Waals surface area contributed by atoms with Crippen LogP contribution in [0.3, 0.4) is 0 Å². The summed E-state index contributed by atoms with van der Waals surface area (Å²) < 4.78 is 0. The van der Waals surface area contributed by atoms with E-state index in [4.69, 9.17) is 0 Å². The fourth-order valence-corrected chi connectivity index (χ4v) is 2.10. The summed E-state index contributed by atoms with van der Waals surface area (Å²) in [4.78, 5) is 0. The van der Waals surface area contributed by atoms with Crippen molar-refractivity contribution in [1.82, 2.24) is 10.6 Å². The smallest absolute Gasteiger partial charge is 0.0303 e. The maximum absolute atomic E-state index is 3.71. The van der Waals surface area contributed by atoms with Crippen molar-refractivity contribution in [2.75, 3.05) is 19.6 Å². The Kier molecular flexibility index (Phi) is 9.12. The third kappa shape index (κ3) is 5.53. The molecule has 1 fully saturated rings. The van der Waals surface area contributed by atoms with Gasteiger partial charge in [0.15, 0.2) is 0 Å². The van der Waals surface area contributed by atoms with E-state index in [9.17, 15) is 0 Å². The highest BCUT2D eigenvalue weighted by Crippen LogP contribution is 2.20. The minimum Gasteiger partial charge on any atom is -0.315 e. The van der Waals surface area contributed by atoms with Crippen molar-refractivity contribution in [3.8, 4) is 0 Å². The Morgan fingerprint density at radius 2 is 1.93 bits per heavy atom. The predicted octanol–water partition coefficient (Wildman–Crippen LogP) is 2.93. The van der Waals surface area contributed by atoms with Gasteiger partial charge in [-0.1, -0.05) is 34.1 Å². The number of hydrogen-bond acceptors (Lipinski definition) is 2. The molecule has 1 aliphatic rings. The maximum Gasteiger partial charge on any atom is 0.0303 e. The molecule has 1 atom stereocenters. The zero-order chi connectivity index (χ0) is 11.6. The minimum atomic E-state index is 0.395. The van der Waals surface area contributed by atoms with Crippen LogP contribution in [-0.4, -0.2) is 25.2 Å². The Balaban J connectivity index is 0.000000921. The first kappa shape index (κ1) is 14.9. The van der Waals surface area contributed by atoms with Crippen LogP contribution in [0, 0.1) is 0 Å². The van der Waals surface area contributed by atoms with E-state index in [-0.39, 0.29) is 0 Å². The van der Waals surface area contributed by atoms with Gasteiger partial charge in [0.1, 0.15) is 0 Å². The van der Waals surface area contributed by atoms with Crippen molar-refractivity contribution in [2.24, 2.45) is 0 Å². The van der Waals surface area contributed by atoms with Crippen LogP contribution < -0.4 is 10.6 Å². The summed E-state index contributed by atoms with van der Waals surface area (Å²) in [5, 5.41) is 7.25. The molecule has 0 aliphatic carbocycles. The van der Waals surface area contributed by atoms with Crippen LogP contribution in [0.15, 0.2) is 0 Å². The van der Waals surface area contributed by atoms with Crippen LogP contribution in [0.25, 0.3) is 0 Å². The molecular formula is C13H30N2. The molecule has 0 saturated carbocycles. The Morgan fingerprint density at radius 1 is 1.20 bits per heavy atom. The molecule has 1 saturated heterocycles. The van der Waals surface area contributed by atoms with E-state index in [2.05, 4.69) is 24.5 Å². The highest BCUT2D eigenvalue weighted by Gasteiger charge is 2.27. The van der Waals surface area contributed by atoms with Gasteiger partial charge < -0.3 is 10.6 Å². The van der Waals surface area contributed by atoms with E-state index >= 15 is 0 Å². The first-order valence-corrected chi connectivity index (χ1v) is 6.79. The van der Waals surface area contributed by atoms with Gasteiger partial charge in [0.2, 0.25) is 0 Å². The Morgan fingerprint density at radius 3 is 2.53 bits per heavy atom. The van der Waals surface area contributed by atoms with E-state index in [0.29, 0.717) is 5.54 Å². The Bertz CT molecular complexity index is 126. The molecule has 1 heterocycles. The minimum absolute atomic E-state index is 0.395. The largest absolute Gasteiger partial charge is 0.315 e. The van der Waals surface area contributed by atoms with Crippen molar-refractivity contribution < 1.29 is 0 Å². The van der Waals surface area contributed by atoms with Gasteiger partial charge in [0.25, 0.3) is 0 Å². The van der Waals surface area contributed by atoms with Crippen LogP contribution in [0.2, 0.25) is 0 Å². The predicted molar refractivity (Wildman–Crippen MR) is 69.4 cm³/mol. The molecule has 2 nitrogen and oxygen atoms in total. The Hall–Kier alpha value is -0.0800. The second kappa shape index (κ2) is 9.17. The molecule has 0 radical (unpaired) electrons. The zero-order valence-corrected chi connectivity index (χ0v) is 11.2. The summed E-state index contributed by atoms with van der Waals surface area (Å²) >= 11 is 0. The lowest BCUT2D eigenvalue weighted by Gasteiger charge is -2.33. The summed E-state index contributed by atoms with van der Waals surface area (Å²) in [6.07, 6.45) is 6.55. The first-order valence-electron chi connectivity index (χ1n) is 6.79. The molecule has 2 heteroatoms. The van der Waals surface area contributed by atoms with Crippen molar-refractivity contribution in [1.29, 1.82) is 0 Å². The molecule has 0 aromatic heterocycles. The van der Waals surface area contributed by atoms with Crippen LogP contribution in [0.4, 0.5) is 0 Å². The van der Waals surface area contributed by atoms with E-state index < -0.39 is 0 Å². The molecule has 0 aromatic rings. The molecule has 1 aliphatic heterocycles. The van der Waals surface area contributed by atoms with Gasteiger partial charge in [-0.25, -0.2) is 0 Å². The number of rotatable bonds is 4. The highest BCUT2D eigenvalue weighted by atomic mass is 15.0. The third-order valence-corrected chi connectivity index (χ3v) is 3.15. The molecule has 0 spiro atoms. The van der Waals surface area contributed by atoms with Crippen molar-refractivity contribution >= 4 is 0 Å². The lowest BCUT2D eigenvalue weighted by Crippen LogP contribution is -2.51. The summed E-state index contributed by atoms with van der Waals surface area (Å²) in [5.74, 6) is 0. The molecule has 0 amide bonds. The van der Waals surface area contributed by atoms with Gasteiger partial charge in [-0.3, -0.25) is 0 Å². The van der Waals surface area contributed by atoms with E-state index in [1.807, 2.05) is 13.8 Å². The molecule has 92 valence electrons. The van der Waals surface area contributed by atoms with Crippen LogP contribution in [0.1, 0.15) is 59.8 Å². The lowest BCUT2D eigenvalue weighted by atomic mass is 9.90. The molecule has 1 rings (SSSR count). The maximum atomic E-state index is 3.71. The van der Waals surface area contributed by atoms with E-state index in [0.717, 1.165) is 13.1 Å². The van der Waals surface area contributed by atoms with Crippen LogP contribution in [0.5, 0.6) is 0 Å². The molecule has 0 aromatic carbocycles. The lowest BCUT2D eigenvalue weighted by molar-refractivity contribution is 0.291. The number of hydrogen-bond donors (Lipinski definition) is 2. The standard InChI is InChI=1S/C11H24N2.C2H6/c1-3-8-13-11(4-2)7-5-6-9-12-10-11;1-2/h12-13H,3-10H2,1-2H3;1-2H3. The monoisotopic (exact) mass is 214 g/mol. The summed E-state index contributed by atoms with van der Waals surface area (Å²) in [7, 11) is 0. The Labute approximate surface area is 96.2 Å². The summed E-state index contributed by atoms with van der Waals surface area (Å²) in [6.45, 7) is 12.1. The fraction of sp³-hybridized carbons (Fsp3) is 1.00. The third-order valence-electron chi connectivity index (χ3n) is 3.15. The topological polar surface area (TPSA) is 24.1 Å². The quantitative estimate of drug-likeness (QED) is 0.752. The molecule has 1 unspecified atom stereocenters. The molecule has 15 heavy (non-hydrogen) atoms. The van der Waals surface area contributed by atoms with Gasteiger partial charge in [0, 0.05) is 12.1 Å². The summed E-state index contributed by atoms with van der Waals surface area (Å²) in [5.41, 5.74) is 0.395. The van der Waals surface area contributed by atoms with Crippen LogP contribution in [-0.2, 0) is 0 Å². The van der Waals surface area contributed by atoms with Crippen LogP contribution >= 0.6 is 0 Å². The van der Waals surface area contributed by atoms with Gasteiger partial charge in [0.05, 0.1) is 0 Å². The molecular weight excluding hydrogens is 184 g/mol. The summed E-state index contributed by atoms with van der Waals surface area (Å²) in [6, 6.07) is 0. The second-order valence-corrected chi connectivity index (χ2v) is 4.19. The zero-order valence-electron chi connectivity index (χ0n) is 11.2. The van der Waals surface area contributed by atoms with Gasteiger partial charge >= 0.3 is 0 Å². The second-order valence-electron chi connectivity index (χ2n) is 4.19. The first-order chi connectivity index (χ1) is 7.33. The fourth-order valence-electron chi connectivity index (χ4n) is 2.10. The van der Waals surface area contributed by atoms with Crippen molar-refractivity contribution in [3.63, 3.8) is 0 Å². The highest BCUT2D eigenvalue weighted by molar-refractivity contribution is 4.90.